The normalized spacial score (nSPS) is 10.1. The molecule has 17 heavy (non-hydrogen) atoms. The van der Waals surface area contributed by atoms with Gasteiger partial charge in [-0.05, 0) is 13.0 Å². The Kier molecular flexibility index (Phi) is 3.23. The first-order chi connectivity index (χ1) is 8.26. The van der Waals surface area contributed by atoms with Crippen LogP contribution in [0.3, 0.4) is 0 Å². The summed E-state index contributed by atoms with van der Waals surface area (Å²) in [6.45, 7) is 2.05. The fraction of sp³-hybridized carbons (Fsp3) is 0.231. The molecule has 0 aliphatic rings. The quantitative estimate of drug-likeness (QED) is 0.878. The number of nitrogens with one attached hydrogen (secondary N) is 1. The van der Waals surface area contributed by atoms with Crippen molar-refractivity contribution < 1.29 is 4.74 Å². The maximum Gasteiger partial charge on any atom is 0.187 e. The second kappa shape index (κ2) is 4.82. The first-order valence-corrected chi connectivity index (χ1v) is 5.40. The van der Waals surface area contributed by atoms with E-state index >= 15 is 0 Å². The highest BCUT2D eigenvalue weighted by atomic mass is 16.5. The molecule has 0 aliphatic carbocycles. The second-order valence-corrected chi connectivity index (χ2v) is 3.72. The number of methoxy groups -OCH3 is 1. The molecule has 0 radical (unpaired) electrons. The number of ether oxygens (including phenoxy) is 1. The molecule has 4 heteroatoms. The number of anilines is 1. The minimum Gasteiger partial charge on any atom is -0.491 e. The summed E-state index contributed by atoms with van der Waals surface area (Å²) in [6.07, 6.45) is 1.53. The lowest BCUT2D eigenvalue weighted by molar-refractivity contribution is 0.415. The Bertz CT molecular complexity index is 526. The Balaban J connectivity index is 2.59. The van der Waals surface area contributed by atoms with E-state index in [9.17, 15) is 0 Å². The zero-order valence-electron chi connectivity index (χ0n) is 10.2. The zero-order valence-corrected chi connectivity index (χ0v) is 10.2. The minimum atomic E-state index is 0.667. The summed E-state index contributed by atoms with van der Waals surface area (Å²) in [5, 5.41) is 3.00. The Labute approximate surface area is 101 Å². The number of aryl methyl sites for hydroxylation is 1. The fourth-order valence-electron chi connectivity index (χ4n) is 1.74. The van der Waals surface area contributed by atoms with E-state index in [1.807, 2.05) is 19.2 Å². The van der Waals surface area contributed by atoms with Gasteiger partial charge in [-0.1, -0.05) is 23.8 Å². The molecule has 0 saturated carbocycles. The predicted octanol–water partition coefficient (Wildman–Crippen LogP) is 2.50. The molecular formula is C13H15N3O. The molecule has 1 N–H and O–H groups in total. The highest BCUT2D eigenvalue weighted by Crippen LogP contribution is 2.32. The summed E-state index contributed by atoms with van der Waals surface area (Å²) in [4.78, 5) is 8.42. The van der Waals surface area contributed by atoms with Crippen LogP contribution in [0.2, 0.25) is 0 Å². The van der Waals surface area contributed by atoms with Gasteiger partial charge in [-0.25, -0.2) is 9.97 Å². The molecule has 0 saturated heterocycles. The number of aromatic nitrogens is 2. The van der Waals surface area contributed by atoms with Crippen LogP contribution < -0.4 is 10.1 Å². The second-order valence-electron chi connectivity index (χ2n) is 3.72. The monoisotopic (exact) mass is 229 g/mol. The van der Waals surface area contributed by atoms with Crippen LogP contribution in [-0.2, 0) is 0 Å². The van der Waals surface area contributed by atoms with Crippen LogP contribution >= 0.6 is 0 Å². The van der Waals surface area contributed by atoms with E-state index in [1.54, 1.807) is 7.11 Å². The van der Waals surface area contributed by atoms with E-state index in [0.717, 1.165) is 11.3 Å². The average Bonchev–Trinajstić information content (AvgIpc) is 2.37. The van der Waals surface area contributed by atoms with Crippen molar-refractivity contribution in [3.05, 3.63) is 36.2 Å². The fourth-order valence-corrected chi connectivity index (χ4v) is 1.74. The summed E-state index contributed by atoms with van der Waals surface area (Å²) in [7, 11) is 3.43. The minimum absolute atomic E-state index is 0.667. The van der Waals surface area contributed by atoms with Gasteiger partial charge in [0.25, 0.3) is 0 Å². The molecule has 88 valence electrons. The van der Waals surface area contributed by atoms with Crippen LogP contribution in [0.1, 0.15) is 5.56 Å². The van der Waals surface area contributed by atoms with Crippen molar-refractivity contribution in [1.82, 2.24) is 9.97 Å². The predicted molar refractivity (Wildman–Crippen MR) is 68.3 cm³/mol. The van der Waals surface area contributed by atoms with Crippen LogP contribution in [0, 0.1) is 6.92 Å². The number of benzene rings is 1. The number of hydrogen-bond acceptors (Lipinski definition) is 4. The Morgan fingerprint density at radius 3 is 2.71 bits per heavy atom. The van der Waals surface area contributed by atoms with Crippen LogP contribution in [0.15, 0.2) is 30.6 Å². The highest BCUT2D eigenvalue weighted by Gasteiger charge is 2.12. The first kappa shape index (κ1) is 11.4. The SMILES string of the molecule is CNc1ncnc(-c2cccc(C)c2)c1OC. The number of hydrogen-bond donors (Lipinski definition) is 1. The average molecular weight is 229 g/mol. The molecule has 0 unspecified atom stereocenters. The highest BCUT2D eigenvalue weighted by molar-refractivity contribution is 5.72. The maximum absolute atomic E-state index is 5.37. The molecule has 0 aliphatic heterocycles. The van der Waals surface area contributed by atoms with Crippen molar-refractivity contribution in [1.29, 1.82) is 0 Å². The summed E-state index contributed by atoms with van der Waals surface area (Å²) >= 11 is 0. The standard InChI is InChI=1S/C13H15N3O/c1-9-5-4-6-10(7-9)11-12(17-3)13(14-2)16-8-15-11/h4-8H,1-3H3,(H,14,15,16). The van der Waals surface area contributed by atoms with Crippen LogP contribution in [0.4, 0.5) is 5.82 Å². The third kappa shape index (κ3) is 2.20. The lowest BCUT2D eigenvalue weighted by atomic mass is 10.1. The molecule has 4 nitrogen and oxygen atoms in total. The molecule has 2 aromatic rings. The zero-order chi connectivity index (χ0) is 12.3. The van der Waals surface area contributed by atoms with E-state index in [0.29, 0.717) is 11.6 Å². The van der Waals surface area contributed by atoms with Crippen molar-refractivity contribution in [3.63, 3.8) is 0 Å². The van der Waals surface area contributed by atoms with E-state index in [1.165, 1.54) is 11.9 Å². The van der Waals surface area contributed by atoms with Gasteiger partial charge >= 0.3 is 0 Å². The maximum atomic E-state index is 5.37. The van der Waals surface area contributed by atoms with Crippen molar-refractivity contribution >= 4 is 5.82 Å². The van der Waals surface area contributed by atoms with Gasteiger partial charge in [-0.2, -0.15) is 0 Å². The Morgan fingerprint density at radius 1 is 1.24 bits per heavy atom. The van der Waals surface area contributed by atoms with Gasteiger partial charge in [0.05, 0.1) is 7.11 Å². The lowest BCUT2D eigenvalue weighted by Crippen LogP contribution is -2.00. The Morgan fingerprint density at radius 2 is 2.06 bits per heavy atom. The van der Waals surface area contributed by atoms with Gasteiger partial charge in [-0.3, -0.25) is 0 Å². The van der Waals surface area contributed by atoms with E-state index in [-0.39, 0.29) is 0 Å². The molecule has 1 aromatic heterocycles. The third-order valence-corrected chi connectivity index (χ3v) is 2.54. The summed E-state index contributed by atoms with van der Waals surface area (Å²) in [5.74, 6) is 1.36. The van der Waals surface area contributed by atoms with Crippen molar-refractivity contribution in [3.8, 4) is 17.0 Å². The van der Waals surface area contributed by atoms with E-state index in [2.05, 4.69) is 34.3 Å². The van der Waals surface area contributed by atoms with Crippen LogP contribution in [0.5, 0.6) is 5.75 Å². The van der Waals surface area contributed by atoms with Gasteiger partial charge in [0.15, 0.2) is 11.6 Å². The summed E-state index contributed by atoms with van der Waals surface area (Å²) in [6, 6.07) is 8.14. The molecule has 2 rings (SSSR count). The molecule has 0 amide bonds. The summed E-state index contributed by atoms with van der Waals surface area (Å²) in [5.41, 5.74) is 3.02. The van der Waals surface area contributed by atoms with Gasteiger partial charge in [0.2, 0.25) is 0 Å². The number of rotatable bonds is 3. The van der Waals surface area contributed by atoms with Gasteiger partial charge < -0.3 is 10.1 Å². The van der Waals surface area contributed by atoms with Gasteiger partial charge in [-0.15, -0.1) is 0 Å². The molecule has 1 heterocycles. The van der Waals surface area contributed by atoms with E-state index in [4.69, 9.17) is 4.74 Å². The molecule has 0 bridgehead atoms. The topological polar surface area (TPSA) is 47.0 Å². The largest absolute Gasteiger partial charge is 0.491 e. The third-order valence-electron chi connectivity index (χ3n) is 2.54. The Hall–Kier alpha value is -2.10. The van der Waals surface area contributed by atoms with Crippen molar-refractivity contribution in [2.75, 3.05) is 19.5 Å². The van der Waals surface area contributed by atoms with Crippen LogP contribution in [0.25, 0.3) is 11.3 Å². The van der Waals surface area contributed by atoms with Gasteiger partial charge in [0.1, 0.15) is 12.0 Å². The van der Waals surface area contributed by atoms with Crippen molar-refractivity contribution in [2.45, 2.75) is 6.92 Å². The van der Waals surface area contributed by atoms with Crippen molar-refractivity contribution in [2.24, 2.45) is 0 Å². The summed E-state index contributed by atoms with van der Waals surface area (Å²) < 4.78 is 5.37. The first-order valence-electron chi connectivity index (χ1n) is 5.40. The smallest absolute Gasteiger partial charge is 0.187 e. The lowest BCUT2D eigenvalue weighted by Gasteiger charge is -2.11. The molecule has 0 fully saturated rings. The molecule has 0 atom stereocenters. The van der Waals surface area contributed by atoms with E-state index < -0.39 is 0 Å². The molecular weight excluding hydrogens is 214 g/mol. The molecule has 1 aromatic carbocycles. The molecule has 0 spiro atoms. The van der Waals surface area contributed by atoms with Crippen LogP contribution in [-0.4, -0.2) is 24.1 Å². The van der Waals surface area contributed by atoms with Gasteiger partial charge in [0, 0.05) is 12.6 Å². The number of nitrogens with zero attached hydrogens (tertiary/aromatic N) is 2.